The van der Waals surface area contributed by atoms with E-state index < -0.39 is 42.3 Å². The molecule has 0 saturated carbocycles. The number of rotatable bonds is 34. The third kappa shape index (κ3) is 23.0. The molecule has 1 rings (SSSR count). The fourth-order valence-electron chi connectivity index (χ4n) is 4.91. The molecule has 18 nitrogen and oxygen atoms in total. The second-order valence-electron chi connectivity index (χ2n) is 12.3. The van der Waals surface area contributed by atoms with E-state index in [2.05, 4.69) is 20.6 Å². The van der Waals surface area contributed by atoms with Crippen LogP contribution in [0, 0.1) is 11.8 Å². The summed E-state index contributed by atoms with van der Waals surface area (Å²) in [4.78, 5) is 79.4. The lowest BCUT2D eigenvalue weighted by molar-refractivity contribution is -0.148. The molecule has 0 aromatic carbocycles. The van der Waals surface area contributed by atoms with Crippen LogP contribution in [0.3, 0.4) is 0 Å². The molecule has 0 aliphatic rings. The summed E-state index contributed by atoms with van der Waals surface area (Å²) in [5.74, 6) is -5.07. The van der Waals surface area contributed by atoms with Gasteiger partial charge in [-0.05, 0) is 25.7 Å². The van der Waals surface area contributed by atoms with Gasteiger partial charge in [0.2, 0.25) is 11.8 Å². The molecule has 9 N–H and O–H groups in total. The average molecular weight is 743 g/mol. The first-order chi connectivity index (χ1) is 24.9. The Balaban J connectivity index is 2.18. The Bertz CT molecular complexity index is 1180. The zero-order valence-electron chi connectivity index (χ0n) is 30.2. The summed E-state index contributed by atoms with van der Waals surface area (Å²) in [6.07, 6.45) is 4.49. The minimum atomic E-state index is -1.74. The number of ketones is 3. The minimum absolute atomic E-state index is 0.107. The maximum absolute atomic E-state index is 13.0. The predicted octanol–water partition coefficient (Wildman–Crippen LogP) is -0.589. The molecular weight excluding hydrogens is 684 g/mol. The van der Waals surface area contributed by atoms with Crippen LogP contribution in [-0.2, 0) is 54.1 Å². The lowest BCUT2D eigenvalue weighted by Gasteiger charge is -2.21. The molecule has 52 heavy (non-hydrogen) atoms. The Labute approximate surface area is 304 Å². The minimum Gasteiger partial charge on any atom is -0.481 e. The van der Waals surface area contributed by atoms with Crippen LogP contribution < -0.4 is 22.1 Å². The monoisotopic (exact) mass is 742 g/mol. The molecule has 0 unspecified atom stereocenters. The molecule has 296 valence electrons. The molecule has 2 amide bonds. The highest BCUT2D eigenvalue weighted by Gasteiger charge is 2.31. The number of carboxylic acids is 1. The van der Waals surface area contributed by atoms with E-state index in [-0.39, 0.29) is 95.4 Å². The molecule has 0 saturated heterocycles. The van der Waals surface area contributed by atoms with Crippen molar-refractivity contribution in [3.63, 3.8) is 0 Å². The lowest BCUT2D eigenvalue weighted by Crippen LogP contribution is -2.39. The number of nitrogens with one attached hydrogen (secondary N) is 3. The quantitative estimate of drug-likeness (QED) is 0.0343. The van der Waals surface area contributed by atoms with Gasteiger partial charge in [0.15, 0.2) is 5.78 Å². The first-order valence-corrected chi connectivity index (χ1v) is 17.7. The van der Waals surface area contributed by atoms with Crippen LogP contribution in [0.25, 0.3) is 0 Å². The maximum atomic E-state index is 13.0. The molecule has 1 heterocycles. The van der Waals surface area contributed by atoms with E-state index in [1.165, 1.54) is 12.5 Å². The van der Waals surface area contributed by atoms with Gasteiger partial charge in [-0.25, -0.2) is 4.98 Å². The number of amides is 2. The van der Waals surface area contributed by atoms with Crippen molar-refractivity contribution in [1.82, 2.24) is 20.6 Å². The van der Waals surface area contributed by atoms with E-state index in [0.29, 0.717) is 51.0 Å². The number of unbranched alkanes of at least 4 members (excludes halogenated alkanes) is 1. The average Bonchev–Trinajstić information content (AvgIpc) is 3.61. The van der Waals surface area contributed by atoms with E-state index in [4.69, 9.17) is 30.4 Å². The number of Topliss-reactive ketones (excluding diaryl/α,β-unsaturated/α-hetero) is 3. The third-order valence-corrected chi connectivity index (χ3v) is 7.82. The van der Waals surface area contributed by atoms with Crippen LogP contribution in [0.15, 0.2) is 12.5 Å². The number of aliphatic hydroxyl groups is 1. The number of carbonyl (C=O) groups is 6. The van der Waals surface area contributed by atoms with Crippen molar-refractivity contribution in [2.45, 2.75) is 83.4 Å². The molecule has 0 aliphatic heterocycles. The zero-order chi connectivity index (χ0) is 38.6. The first kappa shape index (κ1) is 46.4. The Kier molecular flexibility index (Phi) is 25.8. The van der Waals surface area contributed by atoms with Crippen molar-refractivity contribution in [3.05, 3.63) is 18.2 Å². The number of aliphatic carboxylic acids is 1. The normalized spacial score (nSPS) is 13.5. The predicted molar refractivity (Wildman–Crippen MR) is 187 cm³/mol. The molecule has 4 atom stereocenters. The van der Waals surface area contributed by atoms with Crippen molar-refractivity contribution < 1.29 is 57.9 Å². The van der Waals surface area contributed by atoms with Gasteiger partial charge in [-0.2, -0.15) is 0 Å². The van der Waals surface area contributed by atoms with Gasteiger partial charge in [0.25, 0.3) is 0 Å². The Morgan fingerprint density at radius 3 is 2.04 bits per heavy atom. The second-order valence-corrected chi connectivity index (χ2v) is 12.3. The standard InChI is InChI=1S/C34H58N6O12/c1-2-6-26(41)8-5-11-49-13-15-51-22-32(45)39-10-12-50-14-16-52-21-31(44)38-9-4-3-7-24(29(42)19-27(33(36)46)34(47)48)17-30(43)28(35)18-25-20-37-23-40-25/h20,23-24,27-28,33,46H,2-19,21-22,35-36H2,1H3,(H,37,40)(H,38,44)(H,39,45)(H,47,48)/t24-,27+,28+,33+/m1/s1. The van der Waals surface area contributed by atoms with Gasteiger partial charge in [-0.3, -0.25) is 28.8 Å². The van der Waals surface area contributed by atoms with E-state index in [1.54, 1.807) is 0 Å². The highest BCUT2D eigenvalue weighted by molar-refractivity contribution is 5.92. The molecular formula is C34H58N6O12. The fourth-order valence-corrected chi connectivity index (χ4v) is 4.91. The number of carbonyl (C=O) groups excluding carboxylic acids is 5. The molecule has 1 aromatic heterocycles. The summed E-state index contributed by atoms with van der Waals surface area (Å²) in [5.41, 5.74) is 12.0. The van der Waals surface area contributed by atoms with Gasteiger partial charge in [0.05, 0.1) is 45.4 Å². The number of ether oxygens (including phenoxy) is 4. The summed E-state index contributed by atoms with van der Waals surface area (Å²) < 4.78 is 21.3. The Morgan fingerprint density at radius 2 is 1.44 bits per heavy atom. The smallest absolute Gasteiger partial charge is 0.310 e. The number of imidazole rings is 1. The van der Waals surface area contributed by atoms with Crippen molar-refractivity contribution in [2.24, 2.45) is 23.3 Å². The Morgan fingerprint density at radius 1 is 0.808 bits per heavy atom. The van der Waals surface area contributed by atoms with Crippen LogP contribution in [0.2, 0.25) is 0 Å². The molecule has 18 heteroatoms. The Hall–Kier alpha value is -3.65. The second kappa shape index (κ2) is 28.9. The van der Waals surface area contributed by atoms with Crippen LogP contribution in [0.4, 0.5) is 0 Å². The summed E-state index contributed by atoms with van der Waals surface area (Å²) in [6.45, 7) is 3.93. The van der Waals surface area contributed by atoms with Gasteiger partial charge in [-0.1, -0.05) is 13.3 Å². The number of aliphatic hydroxyl groups excluding tert-OH is 1. The molecule has 0 bridgehead atoms. The highest BCUT2D eigenvalue weighted by atomic mass is 16.5. The third-order valence-electron chi connectivity index (χ3n) is 7.82. The number of carboxylic acid groups (broad SMARTS) is 1. The summed E-state index contributed by atoms with van der Waals surface area (Å²) >= 11 is 0. The maximum Gasteiger partial charge on any atom is 0.310 e. The van der Waals surface area contributed by atoms with E-state index in [1.807, 2.05) is 6.92 Å². The molecule has 1 aromatic rings. The van der Waals surface area contributed by atoms with E-state index >= 15 is 0 Å². The van der Waals surface area contributed by atoms with Gasteiger partial charge >= 0.3 is 5.97 Å². The van der Waals surface area contributed by atoms with Crippen molar-refractivity contribution in [2.75, 3.05) is 65.9 Å². The van der Waals surface area contributed by atoms with Crippen LogP contribution >= 0.6 is 0 Å². The van der Waals surface area contributed by atoms with E-state index in [0.717, 1.165) is 6.42 Å². The molecule has 0 radical (unpaired) electrons. The SMILES string of the molecule is CCCC(=O)CCCOCCOCC(=O)NCCOCCOCC(=O)NCCCC[C@H](CC(=O)[C@@H](N)Cc1cnc[nH]1)C(=O)C[C@H](C(=O)O)[C@@H](N)O. The fraction of sp³-hybridized carbons (Fsp3) is 0.735. The number of nitrogens with zero attached hydrogens (tertiary/aromatic N) is 1. The number of aromatic amines is 1. The van der Waals surface area contributed by atoms with Crippen LogP contribution in [0.1, 0.15) is 70.4 Å². The van der Waals surface area contributed by atoms with Gasteiger partial charge in [0, 0.05) is 69.6 Å². The van der Waals surface area contributed by atoms with Gasteiger partial charge < -0.3 is 56.2 Å². The zero-order valence-corrected chi connectivity index (χ0v) is 30.2. The summed E-state index contributed by atoms with van der Waals surface area (Å²) in [6, 6.07) is -0.899. The number of H-pyrrole nitrogens is 1. The topological polar surface area (TPSA) is 285 Å². The van der Waals surface area contributed by atoms with E-state index in [9.17, 15) is 39.0 Å². The number of aromatic nitrogens is 2. The van der Waals surface area contributed by atoms with Crippen molar-refractivity contribution in [3.8, 4) is 0 Å². The van der Waals surface area contributed by atoms with Crippen molar-refractivity contribution in [1.29, 1.82) is 0 Å². The van der Waals surface area contributed by atoms with Crippen LogP contribution in [0.5, 0.6) is 0 Å². The summed E-state index contributed by atoms with van der Waals surface area (Å²) in [5, 5.41) is 24.3. The van der Waals surface area contributed by atoms with Crippen LogP contribution in [-0.4, -0.2) is 134 Å². The molecule has 0 aliphatic carbocycles. The number of hydrogen-bond donors (Lipinski definition) is 7. The first-order valence-electron chi connectivity index (χ1n) is 17.7. The number of hydrogen-bond acceptors (Lipinski definition) is 14. The summed E-state index contributed by atoms with van der Waals surface area (Å²) in [7, 11) is 0. The lowest BCUT2D eigenvalue weighted by atomic mass is 9.85. The van der Waals surface area contributed by atoms with Gasteiger partial charge in [-0.15, -0.1) is 0 Å². The number of nitrogens with two attached hydrogens (primary N) is 2. The largest absolute Gasteiger partial charge is 0.481 e. The highest BCUT2D eigenvalue weighted by Crippen LogP contribution is 2.21. The van der Waals surface area contributed by atoms with Gasteiger partial charge in [0.1, 0.15) is 36.9 Å². The van der Waals surface area contributed by atoms with Crippen molar-refractivity contribution >= 4 is 35.1 Å². The molecule has 0 fully saturated rings. The molecule has 0 spiro atoms.